The minimum absolute atomic E-state index is 0.0360. The zero-order valence-electron chi connectivity index (χ0n) is 10.3. The van der Waals surface area contributed by atoms with Crippen molar-refractivity contribution in [3.05, 3.63) is 51.9 Å². The normalized spacial score (nSPS) is 10.5. The van der Waals surface area contributed by atoms with E-state index in [-0.39, 0.29) is 5.56 Å². The summed E-state index contributed by atoms with van der Waals surface area (Å²) in [7, 11) is 1.76. The van der Waals surface area contributed by atoms with Gasteiger partial charge in [-0.3, -0.25) is 4.79 Å². The molecular weight excluding hydrogens is 212 g/mol. The molecule has 0 spiro atoms. The van der Waals surface area contributed by atoms with Crippen LogP contribution in [0.2, 0.25) is 0 Å². The summed E-state index contributed by atoms with van der Waals surface area (Å²) in [5.41, 5.74) is 10.6. The summed E-state index contributed by atoms with van der Waals surface area (Å²) in [5, 5.41) is 0. The maximum absolute atomic E-state index is 11.6. The number of benzene rings is 1. The van der Waals surface area contributed by atoms with Gasteiger partial charge in [0, 0.05) is 24.5 Å². The second-order valence-electron chi connectivity index (χ2n) is 4.40. The van der Waals surface area contributed by atoms with Gasteiger partial charge in [-0.15, -0.1) is 0 Å². The van der Waals surface area contributed by atoms with E-state index in [1.54, 1.807) is 11.6 Å². The average Bonchev–Trinajstić information content (AvgIpc) is 2.29. The molecule has 1 aromatic carbocycles. The molecule has 1 aromatic heterocycles. The smallest absolute Gasteiger partial charge is 0.253 e. The van der Waals surface area contributed by atoms with Gasteiger partial charge in [0.05, 0.1) is 0 Å². The maximum atomic E-state index is 11.6. The molecule has 2 N–H and O–H groups in total. The van der Waals surface area contributed by atoms with Crippen LogP contribution < -0.4 is 11.3 Å². The van der Waals surface area contributed by atoms with E-state index >= 15 is 0 Å². The Bertz CT molecular complexity index is 600. The van der Waals surface area contributed by atoms with Crippen molar-refractivity contribution < 1.29 is 0 Å². The minimum atomic E-state index is 0.0360. The van der Waals surface area contributed by atoms with Crippen molar-refractivity contribution in [1.82, 2.24) is 4.57 Å². The van der Waals surface area contributed by atoms with Gasteiger partial charge in [0.2, 0.25) is 0 Å². The van der Waals surface area contributed by atoms with Crippen LogP contribution in [-0.4, -0.2) is 4.57 Å². The summed E-state index contributed by atoms with van der Waals surface area (Å²) in [6.45, 7) is 3.80. The number of hydrogen-bond donors (Lipinski definition) is 1. The van der Waals surface area contributed by atoms with E-state index in [0.717, 1.165) is 27.9 Å². The number of rotatable bonds is 1. The van der Waals surface area contributed by atoms with Crippen LogP contribution in [0.25, 0.3) is 11.1 Å². The van der Waals surface area contributed by atoms with E-state index in [4.69, 9.17) is 5.73 Å². The average molecular weight is 228 g/mol. The van der Waals surface area contributed by atoms with Gasteiger partial charge < -0.3 is 10.3 Å². The lowest BCUT2D eigenvalue weighted by Gasteiger charge is -2.08. The van der Waals surface area contributed by atoms with Crippen LogP contribution in [0.1, 0.15) is 11.1 Å². The second-order valence-corrected chi connectivity index (χ2v) is 4.40. The summed E-state index contributed by atoms with van der Waals surface area (Å²) in [6.07, 6.45) is 1.83. The summed E-state index contributed by atoms with van der Waals surface area (Å²) in [4.78, 5) is 11.6. The first kappa shape index (κ1) is 11.5. The monoisotopic (exact) mass is 228 g/mol. The van der Waals surface area contributed by atoms with Crippen molar-refractivity contribution in [3.63, 3.8) is 0 Å². The lowest BCUT2D eigenvalue weighted by molar-refractivity contribution is 0.851. The van der Waals surface area contributed by atoms with Gasteiger partial charge in [-0.05, 0) is 42.7 Å². The highest BCUT2D eigenvalue weighted by atomic mass is 16.1. The van der Waals surface area contributed by atoms with Gasteiger partial charge in [0.25, 0.3) is 5.56 Å². The zero-order valence-corrected chi connectivity index (χ0v) is 10.3. The van der Waals surface area contributed by atoms with Crippen molar-refractivity contribution in [3.8, 4) is 11.1 Å². The quantitative estimate of drug-likeness (QED) is 0.761. The first-order valence-electron chi connectivity index (χ1n) is 5.53. The zero-order chi connectivity index (χ0) is 12.6. The first-order chi connectivity index (χ1) is 7.99. The molecule has 0 fully saturated rings. The fourth-order valence-electron chi connectivity index (χ4n) is 1.86. The third kappa shape index (κ3) is 2.09. The second kappa shape index (κ2) is 4.09. The van der Waals surface area contributed by atoms with Crippen molar-refractivity contribution in [1.29, 1.82) is 0 Å². The van der Waals surface area contributed by atoms with Gasteiger partial charge in [0.15, 0.2) is 0 Å². The van der Waals surface area contributed by atoms with Crippen molar-refractivity contribution in [2.24, 2.45) is 7.05 Å². The number of pyridine rings is 1. The molecule has 1 heterocycles. The molecule has 0 aliphatic rings. The molecule has 3 nitrogen and oxygen atoms in total. The van der Waals surface area contributed by atoms with Gasteiger partial charge >= 0.3 is 0 Å². The Balaban J connectivity index is 2.61. The van der Waals surface area contributed by atoms with Crippen molar-refractivity contribution >= 4 is 5.69 Å². The van der Waals surface area contributed by atoms with Crippen molar-refractivity contribution in [2.75, 3.05) is 5.73 Å². The van der Waals surface area contributed by atoms with Crippen LogP contribution >= 0.6 is 0 Å². The van der Waals surface area contributed by atoms with E-state index in [2.05, 4.69) is 0 Å². The van der Waals surface area contributed by atoms with Crippen molar-refractivity contribution in [2.45, 2.75) is 13.8 Å². The molecule has 0 atom stereocenters. The fraction of sp³-hybridized carbons (Fsp3) is 0.214. The number of nitrogen functional groups attached to an aromatic ring is 1. The molecule has 0 saturated heterocycles. The van der Waals surface area contributed by atoms with Gasteiger partial charge in [0.1, 0.15) is 0 Å². The van der Waals surface area contributed by atoms with Crippen LogP contribution in [-0.2, 0) is 7.05 Å². The first-order valence-corrected chi connectivity index (χ1v) is 5.53. The maximum Gasteiger partial charge on any atom is 0.253 e. The lowest BCUT2D eigenvalue weighted by atomic mass is 10.0. The van der Waals surface area contributed by atoms with E-state index < -0.39 is 0 Å². The molecule has 88 valence electrons. The highest BCUT2D eigenvalue weighted by molar-refractivity contribution is 5.68. The molecular formula is C14H16N2O. The Hall–Kier alpha value is -2.03. The highest BCUT2D eigenvalue weighted by Gasteiger charge is 2.04. The summed E-state index contributed by atoms with van der Waals surface area (Å²) in [6, 6.07) is 7.84. The molecule has 17 heavy (non-hydrogen) atoms. The topological polar surface area (TPSA) is 48.0 Å². The van der Waals surface area contributed by atoms with Crippen LogP contribution in [0.4, 0.5) is 5.69 Å². The molecule has 0 saturated carbocycles. The third-order valence-electron chi connectivity index (χ3n) is 2.97. The number of nitrogens with zero attached hydrogens (tertiary/aromatic N) is 1. The Morgan fingerprint density at radius 3 is 2.35 bits per heavy atom. The molecule has 0 aliphatic carbocycles. The van der Waals surface area contributed by atoms with E-state index in [1.165, 1.54) is 0 Å². The number of aryl methyl sites for hydroxylation is 3. The number of anilines is 1. The Morgan fingerprint density at radius 1 is 1.06 bits per heavy atom. The summed E-state index contributed by atoms with van der Waals surface area (Å²) in [5.74, 6) is 0. The summed E-state index contributed by atoms with van der Waals surface area (Å²) >= 11 is 0. The molecule has 0 radical (unpaired) electrons. The number of nitrogens with two attached hydrogens (primary N) is 1. The Kier molecular flexibility index (Phi) is 2.76. The molecule has 0 amide bonds. The molecule has 0 bridgehead atoms. The SMILES string of the molecule is Cc1ccc(-c2cc(C)c(=O)n(C)c2)cc1N. The largest absolute Gasteiger partial charge is 0.398 e. The molecule has 0 aliphatic heterocycles. The van der Waals surface area contributed by atoms with E-state index in [9.17, 15) is 4.79 Å². The third-order valence-corrected chi connectivity index (χ3v) is 2.97. The van der Waals surface area contributed by atoms with Crippen LogP contribution in [0.3, 0.4) is 0 Å². The van der Waals surface area contributed by atoms with E-state index in [1.807, 2.05) is 44.3 Å². The summed E-state index contributed by atoms with van der Waals surface area (Å²) < 4.78 is 1.60. The van der Waals surface area contributed by atoms with Gasteiger partial charge in [-0.25, -0.2) is 0 Å². The van der Waals surface area contributed by atoms with E-state index in [0.29, 0.717) is 0 Å². The lowest BCUT2D eigenvalue weighted by Crippen LogP contribution is -2.18. The van der Waals surface area contributed by atoms with Crippen LogP contribution in [0.5, 0.6) is 0 Å². The fourth-order valence-corrected chi connectivity index (χ4v) is 1.86. The molecule has 2 aromatic rings. The predicted molar refractivity (Wildman–Crippen MR) is 71.0 cm³/mol. The number of hydrogen-bond acceptors (Lipinski definition) is 2. The molecule has 2 rings (SSSR count). The highest BCUT2D eigenvalue weighted by Crippen LogP contribution is 2.23. The van der Waals surface area contributed by atoms with Crippen LogP contribution in [0.15, 0.2) is 35.3 Å². The number of aromatic nitrogens is 1. The minimum Gasteiger partial charge on any atom is -0.398 e. The standard InChI is InChI=1S/C14H16N2O/c1-9-4-5-11(7-13(9)15)12-6-10(2)14(17)16(3)8-12/h4-8H,15H2,1-3H3. The van der Waals surface area contributed by atoms with Gasteiger partial charge in [-0.2, -0.15) is 0 Å². The Morgan fingerprint density at radius 2 is 1.76 bits per heavy atom. The van der Waals surface area contributed by atoms with Crippen LogP contribution in [0, 0.1) is 13.8 Å². The molecule has 0 unspecified atom stereocenters. The molecule has 3 heteroatoms. The predicted octanol–water partition coefficient (Wildman–Crippen LogP) is 2.25. The Labute approximate surface area is 101 Å². The van der Waals surface area contributed by atoms with Gasteiger partial charge in [-0.1, -0.05) is 12.1 Å².